The highest BCUT2D eigenvalue weighted by molar-refractivity contribution is 5.45. The van der Waals surface area contributed by atoms with Gasteiger partial charge in [0, 0.05) is 24.5 Å². The van der Waals surface area contributed by atoms with E-state index in [9.17, 15) is 0 Å². The predicted octanol–water partition coefficient (Wildman–Crippen LogP) is 2.39. The van der Waals surface area contributed by atoms with Crippen molar-refractivity contribution < 1.29 is 0 Å². The first-order valence-electron chi connectivity index (χ1n) is 5.32. The van der Waals surface area contributed by atoms with Crippen LogP contribution in [0.4, 0.5) is 0 Å². The lowest BCUT2D eigenvalue weighted by atomic mass is 10.2. The lowest BCUT2D eigenvalue weighted by molar-refractivity contribution is 0.692. The largest absolute Gasteiger partial charge is 0.317 e. The molecule has 0 unspecified atom stereocenters. The molecule has 1 aliphatic rings. The van der Waals surface area contributed by atoms with E-state index in [1.807, 2.05) is 0 Å². The number of aromatic nitrogens is 1. The second-order valence-electron chi connectivity index (χ2n) is 4.03. The van der Waals surface area contributed by atoms with Gasteiger partial charge in [0.2, 0.25) is 0 Å². The van der Waals surface area contributed by atoms with Crippen LogP contribution in [0.3, 0.4) is 0 Å². The molecule has 0 bridgehead atoms. The normalized spacial score (nSPS) is 14.2. The Morgan fingerprint density at radius 3 is 2.87 bits per heavy atom. The van der Waals surface area contributed by atoms with Crippen molar-refractivity contribution in [3.05, 3.63) is 53.3 Å². The highest BCUT2D eigenvalue weighted by Gasteiger charge is 2.13. The summed E-state index contributed by atoms with van der Waals surface area (Å²) in [4.78, 5) is 0. The fourth-order valence-corrected chi connectivity index (χ4v) is 2.28. The maximum atomic E-state index is 3.45. The summed E-state index contributed by atoms with van der Waals surface area (Å²) in [6, 6.07) is 13.0. The summed E-state index contributed by atoms with van der Waals surface area (Å²) in [5.41, 5.74) is 5.34. The van der Waals surface area contributed by atoms with Crippen molar-refractivity contribution in [2.75, 3.05) is 0 Å². The van der Waals surface area contributed by atoms with Crippen molar-refractivity contribution in [2.45, 2.75) is 20.0 Å². The third-order valence-electron chi connectivity index (χ3n) is 3.01. The van der Waals surface area contributed by atoms with Crippen molar-refractivity contribution in [1.29, 1.82) is 0 Å². The van der Waals surface area contributed by atoms with E-state index in [4.69, 9.17) is 0 Å². The fourth-order valence-electron chi connectivity index (χ4n) is 2.28. The Hall–Kier alpha value is -1.54. The summed E-state index contributed by atoms with van der Waals surface area (Å²) in [6.45, 7) is 4.06. The van der Waals surface area contributed by atoms with Gasteiger partial charge in [0.25, 0.3) is 0 Å². The Morgan fingerprint density at radius 1 is 1.07 bits per heavy atom. The molecule has 2 heteroatoms. The molecule has 3 rings (SSSR count). The second kappa shape index (κ2) is 3.24. The number of benzene rings is 1. The topological polar surface area (TPSA) is 17.0 Å². The molecule has 0 saturated carbocycles. The lowest BCUT2D eigenvalue weighted by Crippen LogP contribution is -2.10. The standard InChI is InChI=1S/C13H14N2/c1-10-6-7-12-9-14-8-11-4-2-3-5-13(11)15(10)12/h2-7,14H,8-9H2,1H3. The Balaban J connectivity index is 2.30. The quantitative estimate of drug-likeness (QED) is 0.687. The first kappa shape index (κ1) is 8.74. The molecule has 0 saturated heterocycles. The average molecular weight is 198 g/mol. The zero-order valence-electron chi connectivity index (χ0n) is 8.83. The van der Waals surface area contributed by atoms with Crippen LogP contribution in [0, 0.1) is 6.92 Å². The Morgan fingerprint density at radius 2 is 1.93 bits per heavy atom. The molecule has 0 radical (unpaired) electrons. The molecule has 1 N–H and O–H groups in total. The highest BCUT2D eigenvalue weighted by Crippen LogP contribution is 2.22. The highest BCUT2D eigenvalue weighted by atomic mass is 15.0. The van der Waals surface area contributed by atoms with Gasteiger partial charge in [-0.3, -0.25) is 0 Å². The van der Waals surface area contributed by atoms with Crippen molar-refractivity contribution in [1.82, 2.24) is 9.88 Å². The van der Waals surface area contributed by atoms with Gasteiger partial charge in [-0.1, -0.05) is 18.2 Å². The summed E-state index contributed by atoms with van der Waals surface area (Å²) in [6.07, 6.45) is 0. The van der Waals surface area contributed by atoms with Crippen molar-refractivity contribution in [3.8, 4) is 5.69 Å². The molecule has 0 atom stereocenters. The molecule has 0 aliphatic carbocycles. The van der Waals surface area contributed by atoms with Gasteiger partial charge in [-0.2, -0.15) is 0 Å². The third-order valence-corrected chi connectivity index (χ3v) is 3.01. The van der Waals surface area contributed by atoms with Crippen molar-refractivity contribution >= 4 is 0 Å². The lowest BCUT2D eigenvalue weighted by Gasteiger charge is -2.11. The van der Waals surface area contributed by atoms with Gasteiger partial charge in [0.05, 0.1) is 5.69 Å². The molecule has 1 aromatic heterocycles. The minimum Gasteiger partial charge on any atom is -0.317 e. The first-order valence-corrected chi connectivity index (χ1v) is 5.32. The van der Waals surface area contributed by atoms with Crippen LogP contribution in [-0.4, -0.2) is 4.57 Å². The number of hydrogen-bond donors (Lipinski definition) is 1. The molecular formula is C13H14N2. The van der Waals surface area contributed by atoms with Crippen LogP contribution < -0.4 is 5.32 Å². The van der Waals surface area contributed by atoms with Crippen LogP contribution in [0.15, 0.2) is 36.4 Å². The summed E-state index contributed by atoms with van der Waals surface area (Å²) < 4.78 is 2.34. The zero-order valence-corrected chi connectivity index (χ0v) is 8.83. The molecule has 0 fully saturated rings. The maximum Gasteiger partial charge on any atom is 0.0500 e. The van der Waals surface area contributed by atoms with Crippen LogP contribution in [0.25, 0.3) is 5.69 Å². The first-order chi connectivity index (χ1) is 7.36. The van der Waals surface area contributed by atoms with Crippen LogP contribution >= 0.6 is 0 Å². The van der Waals surface area contributed by atoms with E-state index >= 15 is 0 Å². The van der Waals surface area contributed by atoms with E-state index in [1.54, 1.807) is 0 Å². The van der Waals surface area contributed by atoms with Gasteiger partial charge in [0.15, 0.2) is 0 Å². The number of aryl methyl sites for hydroxylation is 1. The Kier molecular flexibility index (Phi) is 1.89. The average Bonchev–Trinajstić information content (AvgIpc) is 2.52. The van der Waals surface area contributed by atoms with E-state index in [-0.39, 0.29) is 0 Å². The number of rotatable bonds is 0. The van der Waals surface area contributed by atoms with Gasteiger partial charge in [-0.15, -0.1) is 0 Å². The van der Waals surface area contributed by atoms with Crippen LogP contribution in [0.1, 0.15) is 17.0 Å². The van der Waals surface area contributed by atoms with E-state index in [0.29, 0.717) is 0 Å². The SMILES string of the molecule is Cc1ccc2n1-c1ccccc1CNC2. The number of para-hydroxylation sites is 1. The third kappa shape index (κ3) is 1.29. The fraction of sp³-hybridized carbons (Fsp3) is 0.231. The number of fused-ring (bicyclic) bond motifs is 3. The minimum atomic E-state index is 0.947. The Bertz CT molecular complexity index is 497. The van der Waals surface area contributed by atoms with Crippen LogP contribution in [0.5, 0.6) is 0 Å². The zero-order chi connectivity index (χ0) is 10.3. The second-order valence-corrected chi connectivity index (χ2v) is 4.03. The summed E-state index contributed by atoms with van der Waals surface area (Å²) in [7, 11) is 0. The van der Waals surface area contributed by atoms with E-state index in [1.165, 1.54) is 22.6 Å². The van der Waals surface area contributed by atoms with Gasteiger partial charge in [-0.05, 0) is 30.7 Å². The molecule has 1 aliphatic heterocycles. The van der Waals surface area contributed by atoms with Gasteiger partial charge in [-0.25, -0.2) is 0 Å². The molecule has 2 heterocycles. The molecule has 76 valence electrons. The smallest absolute Gasteiger partial charge is 0.0500 e. The van der Waals surface area contributed by atoms with E-state index in [2.05, 4.69) is 53.2 Å². The summed E-state index contributed by atoms with van der Waals surface area (Å²) >= 11 is 0. The molecule has 1 aromatic carbocycles. The summed E-state index contributed by atoms with van der Waals surface area (Å²) in [5, 5.41) is 3.45. The molecule has 0 amide bonds. The summed E-state index contributed by atoms with van der Waals surface area (Å²) in [5.74, 6) is 0. The van der Waals surface area contributed by atoms with Gasteiger partial charge in [0.1, 0.15) is 0 Å². The Labute approximate surface area is 89.5 Å². The molecule has 0 spiro atoms. The molecule has 2 aromatic rings. The van der Waals surface area contributed by atoms with Crippen molar-refractivity contribution in [3.63, 3.8) is 0 Å². The monoisotopic (exact) mass is 198 g/mol. The minimum absolute atomic E-state index is 0.947. The number of nitrogens with one attached hydrogen (secondary N) is 1. The van der Waals surface area contributed by atoms with Gasteiger partial charge < -0.3 is 9.88 Å². The van der Waals surface area contributed by atoms with Crippen molar-refractivity contribution in [2.24, 2.45) is 0 Å². The predicted molar refractivity (Wildman–Crippen MR) is 61.0 cm³/mol. The number of nitrogens with zero attached hydrogens (tertiary/aromatic N) is 1. The van der Waals surface area contributed by atoms with E-state index < -0.39 is 0 Å². The van der Waals surface area contributed by atoms with E-state index in [0.717, 1.165) is 13.1 Å². The maximum absolute atomic E-state index is 3.45. The van der Waals surface area contributed by atoms with Crippen LogP contribution in [-0.2, 0) is 13.1 Å². The van der Waals surface area contributed by atoms with Crippen LogP contribution in [0.2, 0.25) is 0 Å². The molecule has 15 heavy (non-hydrogen) atoms. The molecule has 2 nitrogen and oxygen atoms in total. The molecular weight excluding hydrogens is 184 g/mol. The number of hydrogen-bond acceptors (Lipinski definition) is 1. The van der Waals surface area contributed by atoms with Gasteiger partial charge >= 0.3 is 0 Å².